The largest absolute Gasteiger partial charge is 0.508 e. The van der Waals surface area contributed by atoms with Gasteiger partial charge in [-0.15, -0.1) is 0 Å². The van der Waals surface area contributed by atoms with Crippen LogP contribution >= 0.6 is 0 Å². The highest BCUT2D eigenvalue weighted by Crippen LogP contribution is 2.20. The Morgan fingerprint density at radius 1 is 0.957 bits per heavy atom. The first-order chi connectivity index (χ1) is 11.0. The standard InChI is InChI=1S/C18H14O5/c19-15-6-3-4-13(12-15)8-11-18(22)23-16-7-2-1-5-14(16)9-10-17(20)21/h1-12,19H,(H,20,21). The van der Waals surface area contributed by atoms with Crippen molar-refractivity contribution in [2.45, 2.75) is 0 Å². The average molecular weight is 310 g/mol. The predicted octanol–water partition coefficient (Wildman–Crippen LogP) is 3.11. The number of ether oxygens (including phenoxy) is 1. The molecule has 0 bridgehead atoms. The van der Waals surface area contributed by atoms with Gasteiger partial charge in [0.1, 0.15) is 11.5 Å². The molecule has 116 valence electrons. The van der Waals surface area contributed by atoms with Crippen molar-refractivity contribution < 1.29 is 24.5 Å². The van der Waals surface area contributed by atoms with Crippen LogP contribution in [0.1, 0.15) is 11.1 Å². The van der Waals surface area contributed by atoms with E-state index in [9.17, 15) is 14.7 Å². The van der Waals surface area contributed by atoms with Crippen LogP contribution in [0.25, 0.3) is 12.2 Å². The highest BCUT2D eigenvalue weighted by atomic mass is 16.5. The number of rotatable bonds is 5. The Bertz CT molecular complexity index is 774. The number of esters is 1. The molecule has 5 nitrogen and oxygen atoms in total. The van der Waals surface area contributed by atoms with Crippen molar-refractivity contribution in [3.8, 4) is 11.5 Å². The van der Waals surface area contributed by atoms with Crippen molar-refractivity contribution in [1.82, 2.24) is 0 Å². The number of carbonyl (C=O) groups is 2. The molecule has 0 saturated heterocycles. The zero-order valence-corrected chi connectivity index (χ0v) is 12.0. The number of benzene rings is 2. The van der Waals surface area contributed by atoms with Crippen LogP contribution in [0.15, 0.2) is 60.7 Å². The molecule has 0 amide bonds. The number of carbonyl (C=O) groups excluding carboxylic acids is 1. The van der Waals surface area contributed by atoms with E-state index in [0.717, 1.165) is 6.08 Å². The number of carboxylic acid groups (broad SMARTS) is 1. The minimum absolute atomic E-state index is 0.102. The molecular formula is C18H14O5. The summed E-state index contributed by atoms with van der Waals surface area (Å²) in [7, 11) is 0. The van der Waals surface area contributed by atoms with Gasteiger partial charge in [-0.25, -0.2) is 9.59 Å². The van der Waals surface area contributed by atoms with Crippen molar-refractivity contribution in [3.63, 3.8) is 0 Å². The summed E-state index contributed by atoms with van der Waals surface area (Å²) in [5.41, 5.74) is 1.13. The lowest BCUT2D eigenvalue weighted by Gasteiger charge is -2.05. The van der Waals surface area contributed by atoms with Gasteiger partial charge in [0.2, 0.25) is 0 Å². The molecule has 0 radical (unpaired) electrons. The molecule has 0 aromatic heterocycles. The van der Waals surface area contributed by atoms with Gasteiger partial charge in [0.15, 0.2) is 0 Å². The van der Waals surface area contributed by atoms with Crippen LogP contribution in [-0.2, 0) is 9.59 Å². The van der Waals surface area contributed by atoms with Gasteiger partial charge in [0.05, 0.1) is 0 Å². The fourth-order valence-electron chi connectivity index (χ4n) is 1.81. The van der Waals surface area contributed by atoms with Gasteiger partial charge in [0.25, 0.3) is 0 Å². The predicted molar refractivity (Wildman–Crippen MR) is 85.9 cm³/mol. The van der Waals surface area contributed by atoms with Gasteiger partial charge in [-0.3, -0.25) is 0 Å². The summed E-state index contributed by atoms with van der Waals surface area (Å²) >= 11 is 0. The SMILES string of the molecule is O=C(O)C=Cc1ccccc1OC(=O)C=Cc1cccc(O)c1. The summed E-state index contributed by atoms with van der Waals surface area (Å²) in [6.07, 6.45) is 5.06. The Morgan fingerprint density at radius 3 is 2.48 bits per heavy atom. The molecule has 0 aliphatic rings. The van der Waals surface area contributed by atoms with Gasteiger partial charge in [-0.1, -0.05) is 30.3 Å². The molecule has 0 spiro atoms. The molecule has 2 aromatic carbocycles. The third-order valence-electron chi connectivity index (χ3n) is 2.82. The maximum atomic E-state index is 11.8. The second-order valence-electron chi connectivity index (χ2n) is 4.56. The van der Waals surface area contributed by atoms with E-state index in [1.54, 1.807) is 36.4 Å². The Balaban J connectivity index is 2.10. The fraction of sp³-hybridized carbons (Fsp3) is 0. The second-order valence-corrected chi connectivity index (χ2v) is 4.56. The zero-order chi connectivity index (χ0) is 16.7. The van der Waals surface area contributed by atoms with Gasteiger partial charge in [0, 0.05) is 17.7 Å². The summed E-state index contributed by atoms with van der Waals surface area (Å²) in [4.78, 5) is 22.4. The molecule has 2 N–H and O–H groups in total. The highest BCUT2D eigenvalue weighted by molar-refractivity contribution is 5.90. The van der Waals surface area contributed by atoms with E-state index in [-0.39, 0.29) is 11.5 Å². The lowest BCUT2D eigenvalue weighted by Crippen LogP contribution is -2.04. The van der Waals surface area contributed by atoms with E-state index in [2.05, 4.69) is 0 Å². The first-order valence-corrected chi connectivity index (χ1v) is 6.73. The molecule has 0 saturated carbocycles. The minimum atomic E-state index is -1.09. The van der Waals surface area contributed by atoms with Crippen molar-refractivity contribution >= 4 is 24.1 Å². The number of aromatic hydroxyl groups is 1. The summed E-state index contributed by atoms with van der Waals surface area (Å²) in [5, 5.41) is 18.0. The normalized spacial score (nSPS) is 11.0. The quantitative estimate of drug-likeness (QED) is 0.503. The summed E-state index contributed by atoms with van der Waals surface area (Å²) in [5.74, 6) is -1.33. The van der Waals surface area contributed by atoms with Crippen LogP contribution in [0.5, 0.6) is 11.5 Å². The van der Waals surface area contributed by atoms with E-state index >= 15 is 0 Å². The molecular weight excluding hydrogens is 296 g/mol. The molecule has 2 aromatic rings. The van der Waals surface area contributed by atoms with Crippen molar-refractivity contribution in [1.29, 1.82) is 0 Å². The Morgan fingerprint density at radius 2 is 1.74 bits per heavy atom. The number of phenols is 1. The van der Waals surface area contributed by atoms with Gasteiger partial charge < -0.3 is 14.9 Å². The molecule has 0 fully saturated rings. The third-order valence-corrected chi connectivity index (χ3v) is 2.82. The van der Waals surface area contributed by atoms with Crippen molar-refractivity contribution in [2.75, 3.05) is 0 Å². The number of para-hydroxylation sites is 1. The number of hydrogen-bond acceptors (Lipinski definition) is 4. The Kier molecular flexibility index (Phi) is 5.30. The first-order valence-electron chi connectivity index (χ1n) is 6.73. The van der Waals surface area contributed by atoms with E-state index in [1.807, 2.05) is 0 Å². The third kappa shape index (κ3) is 5.17. The van der Waals surface area contributed by atoms with Gasteiger partial charge in [-0.05, 0) is 35.9 Å². The second kappa shape index (κ2) is 7.61. The van der Waals surface area contributed by atoms with E-state index in [0.29, 0.717) is 11.1 Å². The molecule has 2 rings (SSSR count). The van der Waals surface area contributed by atoms with Gasteiger partial charge in [-0.2, -0.15) is 0 Å². The lowest BCUT2D eigenvalue weighted by atomic mass is 10.2. The van der Waals surface area contributed by atoms with Gasteiger partial charge >= 0.3 is 11.9 Å². The Labute approximate surface area is 132 Å². The van der Waals surface area contributed by atoms with Crippen LogP contribution < -0.4 is 4.74 Å². The molecule has 23 heavy (non-hydrogen) atoms. The number of hydrogen-bond donors (Lipinski definition) is 2. The van der Waals surface area contributed by atoms with E-state index < -0.39 is 11.9 Å². The van der Waals surface area contributed by atoms with Crippen molar-refractivity contribution in [2.24, 2.45) is 0 Å². The number of aliphatic carboxylic acids is 1. The van der Waals surface area contributed by atoms with Crippen LogP contribution in [0.4, 0.5) is 0 Å². The number of carboxylic acids is 1. The zero-order valence-electron chi connectivity index (χ0n) is 12.0. The fourth-order valence-corrected chi connectivity index (χ4v) is 1.81. The molecule has 0 aliphatic carbocycles. The van der Waals surface area contributed by atoms with E-state index in [4.69, 9.17) is 9.84 Å². The molecule has 0 unspecified atom stereocenters. The molecule has 0 heterocycles. The molecule has 0 atom stereocenters. The van der Waals surface area contributed by atoms with Crippen LogP contribution in [0.2, 0.25) is 0 Å². The maximum absolute atomic E-state index is 11.8. The lowest BCUT2D eigenvalue weighted by molar-refractivity contribution is -0.131. The smallest absolute Gasteiger partial charge is 0.336 e. The monoisotopic (exact) mass is 310 g/mol. The van der Waals surface area contributed by atoms with Crippen LogP contribution in [0.3, 0.4) is 0 Å². The first kappa shape index (κ1) is 16.0. The minimum Gasteiger partial charge on any atom is -0.508 e. The average Bonchev–Trinajstić information content (AvgIpc) is 2.52. The maximum Gasteiger partial charge on any atom is 0.336 e. The van der Waals surface area contributed by atoms with Crippen molar-refractivity contribution in [3.05, 3.63) is 71.8 Å². The molecule has 5 heteroatoms. The molecule has 0 aliphatic heterocycles. The topological polar surface area (TPSA) is 83.8 Å². The highest BCUT2D eigenvalue weighted by Gasteiger charge is 2.05. The number of phenolic OH excluding ortho intramolecular Hbond substituents is 1. The van der Waals surface area contributed by atoms with E-state index in [1.165, 1.54) is 30.4 Å². The summed E-state index contributed by atoms with van der Waals surface area (Å²) in [6.45, 7) is 0. The summed E-state index contributed by atoms with van der Waals surface area (Å²) < 4.78 is 5.20. The Hall–Kier alpha value is -3.34. The van der Waals surface area contributed by atoms with Crippen LogP contribution in [-0.4, -0.2) is 22.2 Å². The summed E-state index contributed by atoms with van der Waals surface area (Å²) in [6, 6.07) is 13.0. The van der Waals surface area contributed by atoms with Crippen LogP contribution in [0, 0.1) is 0 Å².